The lowest BCUT2D eigenvalue weighted by Gasteiger charge is -2.22. The summed E-state index contributed by atoms with van der Waals surface area (Å²) in [4.78, 5) is 23.1. The zero-order valence-electron chi connectivity index (χ0n) is 14.3. The molecule has 1 aliphatic heterocycles. The number of nitrogens with zero attached hydrogens (tertiary/aromatic N) is 2. The van der Waals surface area contributed by atoms with Crippen LogP contribution in [0.25, 0.3) is 0 Å². The summed E-state index contributed by atoms with van der Waals surface area (Å²) in [5, 5.41) is 3.03. The van der Waals surface area contributed by atoms with Gasteiger partial charge in [-0.3, -0.25) is 9.63 Å². The monoisotopic (exact) mass is 458 g/mol. The molecule has 8 heteroatoms. The maximum absolute atomic E-state index is 14.3. The Hall–Kier alpha value is -1.94. The van der Waals surface area contributed by atoms with Crippen LogP contribution in [0.3, 0.4) is 0 Å². The molecule has 0 saturated carbocycles. The van der Waals surface area contributed by atoms with Gasteiger partial charge in [-0.1, -0.05) is 41.3 Å². The van der Waals surface area contributed by atoms with Gasteiger partial charge in [0.25, 0.3) is 5.91 Å². The zero-order valence-corrected chi connectivity index (χ0v) is 16.4. The molecule has 1 amide bonds. The van der Waals surface area contributed by atoms with Crippen LogP contribution in [0, 0.1) is 0 Å². The first-order chi connectivity index (χ1) is 11.9. The Morgan fingerprint density at radius 2 is 2.32 bits per heavy atom. The third-order valence-electron chi connectivity index (χ3n) is 3.71. The van der Waals surface area contributed by atoms with Crippen molar-refractivity contribution in [1.29, 1.82) is 0 Å². The second kappa shape index (κ2) is 8.43. The summed E-state index contributed by atoms with van der Waals surface area (Å²) in [6.45, 7) is 5.41. The molecule has 2 N–H and O–H groups in total. The molecule has 0 aromatic heterocycles. The number of allylic oxidation sites excluding steroid dienone is 4. The normalized spacial score (nSPS) is 23.7. The third-order valence-corrected chi connectivity index (χ3v) is 4.58. The molecule has 1 atom stereocenters. The van der Waals surface area contributed by atoms with E-state index in [0.29, 0.717) is 34.9 Å². The van der Waals surface area contributed by atoms with Crippen molar-refractivity contribution in [2.75, 3.05) is 14.2 Å². The number of rotatable bonds is 5. The van der Waals surface area contributed by atoms with Gasteiger partial charge in [-0.15, -0.1) is 0 Å². The molecule has 0 fully saturated rings. The topological polar surface area (TPSA) is 66.0 Å². The van der Waals surface area contributed by atoms with Gasteiger partial charge < -0.3 is 10.2 Å². The molecule has 1 unspecified atom stereocenters. The molecule has 134 valence electrons. The van der Waals surface area contributed by atoms with Gasteiger partial charge in [-0.25, -0.2) is 14.9 Å². The van der Waals surface area contributed by atoms with Crippen molar-refractivity contribution >= 4 is 34.3 Å². The maximum atomic E-state index is 14.3. The first kappa shape index (κ1) is 19.4. The second-order valence-electron chi connectivity index (χ2n) is 5.26. The molecule has 6 nitrogen and oxygen atoms in total. The van der Waals surface area contributed by atoms with E-state index < -0.39 is 5.91 Å². The van der Waals surface area contributed by atoms with Gasteiger partial charge in [0, 0.05) is 22.7 Å². The number of hydrogen-bond acceptors (Lipinski definition) is 4. The number of amidine groups is 1. The highest BCUT2D eigenvalue weighted by molar-refractivity contribution is 14.1. The van der Waals surface area contributed by atoms with Gasteiger partial charge in [-0.05, 0) is 19.4 Å². The number of alkyl halides is 1. The minimum absolute atomic E-state index is 0.110. The molecule has 2 aliphatic rings. The molecular weight excluding hydrogens is 438 g/mol. The summed E-state index contributed by atoms with van der Waals surface area (Å²) in [5.74, 6) is 0.153. The van der Waals surface area contributed by atoms with Crippen molar-refractivity contribution < 1.29 is 14.0 Å². The van der Waals surface area contributed by atoms with Gasteiger partial charge in [0.2, 0.25) is 0 Å². The molecule has 1 heterocycles. The van der Waals surface area contributed by atoms with Gasteiger partial charge in [0.15, 0.2) is 0 Å². The average molecular weight is 458 g/mol. The van der Waals surface area contributed by atoms with Crippen molar-refractivity contribution in [1.82, 2.24) is 15.7 Å². The molecule has 0 bridgehead atoms. The summed E-state index contributed by atoms with van der Waals surface area (Å²) in [5.41, 5.74) is 3.55. The number of nitrogens with one attached hydrogen (secondary N) is 2. The van der Waals surface area contributed by atoms with E-state index in [9.17, 15) is 9.18 Å². The molecule has 2 rings (SSSR count). The Labute approximate surface area is 160 Å². The Morgan fingerprint density at radius 3 is 2.88 bits per heavy atom. The summed E-state index contributed by atoms with van der Waals surface area (Å²) in [6.07, 6.45) is 7.18. The highest BCUT2D eigenvalue weighted by Crippen LogP contribution is 2.31. The zero-order chi connectivity index (χ0) is 18.6. The number of hydroxylamine groups is 1. The number of amides is 1. The number of carbonyl (C=O) groups is 1. The first-order valence-corrected chi connectivity index (χ1v) is 8.85. The molecule has 0 spiro atoms. The van der Waals surface area contributed by atoms with Crippen LogP contribution in [0.4, 0.5) is 4.39 Å². The Morgan fingerprint density at radius 1 is 1.60 bits per heavy atom. The van der Waals surface area contributed by atoms with Crippen LogP contribution in [-0.2, 0) is 9.63 Å². The summed E-state index contributed by atoms with van der Waals surface area (Å²) in [6, 6.07) is 0. The molecule has 0 aromatic rings. The molecule has 0 saturated heterocycles. The van der Waals surface area contributed by atoms with Crippen molar-refractivity contribution in [3.63, 3.8) is 0 Å². The molecule has 0 radical (unpaired) electrons. The number of aliphatic imine (C=N–C) groups is 1. The lowest BCUT2D eigenvalue weighted by Crippen LogP contribution is -2.31. The third kappa shape index (κ3) is 4.01. The predicted octanol–water partition coefficient (Wildman–Crippen LogP) is 2.84. The van der Waals surface area contributed by atoms with E-state index in [0.717, 1.165) is 0 Å². The second-order valence-corrected chi connectivity index (χ2v) is 6.86. The van der Waals surface area contributed by atoms with E-state index >= 15 is 0 Å². The predicted molar refractivity (Wildman–Crippen MR) is 104 cm³/mol. The molecule has 25 heavy (non-hydrogen) atoms. The van der Waals surface area contributed by atoms with Crippen molar-refractivity contribution in [3.8, 4) is 0 Å². The summed E-state index contributed by atoms with van der Waals surface area (Å²) >= 11 is 2.17. The Balaban J connectivity index is 2.49. The lowest BCUT2D eigenvalue weighted by molar-refractivity contribution is -0.127. The van der Waals surface area contributed by atoms with Crippen molar-refractivity contribution in [3.05, 3.63) is 59.5 Å². The number of hydrogen-bond donors (Lipinski definition) is 2. The average Bonchev–Trinajstić information content (AvgIpc) is 2.83. The fraction of sp³-hybridized carbons (Fsp3) is 0.294. The van der Waals surface area contributed by atoms with E-state index in [-0.39, 0.29) is 9.75 Å². The molecular formula is C17H20FIN4O2. The Bertz CT molecular complexity index is 737. The van der Waals surface area contributed by atoms with E-state index in [1.165, 1.54) is 13.3 Å². The minimum atomic E-state index is -0.452. The van der Waals surface area contributed by atoms with Crippen LogP contribution >= 0.6 is 22.6 Å². The van der Waals surface area contributed by atoms with Crippen LogP contribution in [0.15, 0.2) is 64.5 Å². The SMILES string of the molecule is C=CN=C1/C(=C\C)C(C(=O)NOC)=C(NC2=CCC(I)C=C2F)N1C. The summed E-state index contributed by atoms with van der Waals surface area (Å²) in [7, 11) is 3.10. The molecule has 0 aromatic carbocycles. The van der Waals surface area contributed by atoms with Crippen LogP contribution in [0.2, 0.25) is 0 Å². The van der Waals surface area contributed by atoms with Crippen LogP contribution < -0.4 is 10.8 Å². The van der Waals surface area contributed by atoms with Gasteiger partial charge in [0.1, 0.15) is 17.5 Å². The van der Waals surface area contributed by atoms with Gasteiger partial charge >= 0.3 is 0 Å². The van der Waals surface area contributed by atoms with Crippen LogP contribution in [0.5, 0.6) is 0 Å². The van der Waals surface area contributed by atoms with E-state index in [1.807, 2.05) is 0 Å². The highest BCUT2D eigenvalue weighted by Gasteiger charge is 2.35. The fourth-order valence-electron chi connectivity index (χ4n) is 2.61. The lowest BCUT2D eigenvalue weighted by atomic mass is 10.1. The van der Waals surface area contributed by atoms with Gasteiger partial charge in [0.05, 0.1) is 18.4 Å². The smallest absolute Gasteiger partial charge is 0.279 e. The number of carbonyl (C=O) groups excluding carboxylic acids is 1. The summed E-state index contributed by atoms with van der Waals surface area (Å²) < 4.78 is 14.4. The highest BCUT2D eigenvalue weighted by atomic mass is 127. The molecule has 1 aliphatic carbocycles. The fourth-order valence-corrected chi connectivity index (χ4v) is 3.18. The number of halogens is 2. The van der Waals surface area contributed by atoms with Gasteiger partial charge in [-0.2, -0.15) is 0 Å². The Kier molecular flexibility index (Phi) is 6.54. The van der Waals surface area contributed by atoms with E-state index in [1.54, 1.807) is 37.1 Å². The number of likely N-dealkylation sites (N-methyl/N-ethyl adjacent to an activating group) is 1. The van der Waals surface area contributed by atoms with Crippen LogP contribution in [-0.4, -0.2) is 34.7 Å². The quantitative estimate of drug-likeness (QED) is 0.378. The van der Waals surface area contributed by atoms with Crippen molar-refractivity contribution in [2.45, 2.75) is 17.3 Å². The first-order valence-electron chi connectivity index (χ1n) is 7.60. The van der Waals surface area contributed by atoms with Crippen LogP contribution in [0.1, 0.15) is 13.3 Å². The maximum Gasteiger partial charge on any atom is 0.279 e. The standard InChI is InChI=1S/C17H20FIN4O2/c1-5-11-14(17(24)22-25-4)16(23(3)15(11)20-6-2)21-13-8-7-10(19)9-12(13)18/h5-6,8-10,21H,2,7H2,1,3-4H3,(H,22,24)/b11-5-,20-15?. The largest absolute Gasteiger partial charge is 0.339 e. The minimum Gasteiger partial charge on any atom is -0.339 e. The van der Waals surface area contributed by atoms with E-state index in [4.69, 9.17) is 4.84 Å². The van der Waals surface area contributed by atoms with Crippen molar-refractivity contribution in [2.24, 2.45) is 4.99 Å². The van der Waals surface area contributed by atoms with E-state index in [2.05, 4.69) is 45.0 Å².